The number of sulfonamides is 1. The summed E-state index contributed by atoms with van der Waals surface area (Å²) in [5.74, 6) is 1.70. The van der Waals surface area contributed by atoms with Crippen molar-refractivity contribution in [1.29, 1.82) is 0 Å². The van der Waals surface area contributed by atoms with Crippen molar-refractivity contribution < 1.29 is 27.4 Å². The lowest BCUT2D eigenvalue weighted by Crippen LogP contribution is -2.37. The maximum Gasteiger partial charge on any atom is 0.232 e. The van der Waals surface area contributed by atoms with Gasteiger partial charge < -0.3 is 19.5 Å². The summed E-state index contributed by atoms with van der Waals surface area (Å²) in [6, 6.07) is 14.2. The number of carbonyl (C=O) groups excluding carboxylic acids is 1. The van der Waals surface area contributed by atoms with Crippen molar-refractivity contribution in [2.45, 2.75) is 25.8 Å². The Morgan fingerprint density at radius 3 is 2.55 bits per heavy atom. The van der Waals surface area contributed by atoms with Crippen LogP contribution in [0.25, 0.3) is 0 Å². The second-order valence-corrected chi connectivity index (χ2v) is 9.27. The van der Waals surface area contributed by atoms with Gasteiger partial charge in [-0.2, -0.15) is 0 Å². The second kappa shape index (κ2) is 10.4. The Morgan fingerprint density at radius 1 is 1.13 bits per heavy atom. The van der Waals surface area contributed by atoms with Gasteiger partial charge >= 0.3 is 0 Å². The van der Waals surface area contributed by atoms with Gasteiger partial charge in [-0.3, -0.25) is 9.10 Å². The van der Waals surface area contributed by atoms with Crippen molar-refractivity contribution in [2.24, 2.45) is 0 Å². The van der Waals surface area contributed by atoms with E-state index < -0.39 is 10.0 Å². The third-order valence-corrected chi connectivity index (χ3v) is 5.82. The van der Waals surface area contributed by atoms with E-state index in [0.717, 1.165) is 12.0 Å². The maximum absolute atomic E-state index is 12.3. The lowest BCUT2D eigenvalue weighted by Gasteiger charge is -2.25. The lowest BCUT2D eigenvalue weighted by atomic mass is 10.2. The minimum Gasteiger partial charge on any atom is -0.491 e. The van der Waals surface area contributed by atoms with Crippen LogP contribution in [0.1, 0.15) is 19.8 Å². The topological polar surface area (TPSA) is 94.2 Å². The molecule has 2 aromatic rings. The average Bonchev–Trinajstić information content (AvgIpc) is 2.75. The highest BCUT2D eigenvalue weighted by Crippen LogP contribution is 2.34. The van der Waals surface area contributed by atoms with Crippen molar-refractivity contribution in [3.8, 4) is 17.2 Å². The zero-order valence-electron chi connectivity index (χ0n) is 17.7. The molecule has 9 heteroatoms. The number of hydrogen-bond acceptors (Lipinski definition) is 6. The molecule has 168 valence electrons. The van der Waals surface area contributed by atoms with Crippen LogP contribution in [0.4, 0.5) is 5.69 Å². The predicted molar refractivity (Wildman–Crippen MR) is 118 cm³/mol. The number of rotatable bonds is 10. The molecule has 2 aromatic carbocycles. The van der Waals surface area contributed by atoms with E-state index in [4.69, 9.17) is 14.2 Å². The van der Waals surface area contributed by atoms with Crippen molar-refractivity contribution >= 4 is 21.6 Å². The predicted octanol–water partition coefficient (Wildman–Crippen LogP) is 2.59. The minimum absolute atomic E-state index is 0.153. The Bertz CT molecular complexity index is 981. The van der Waals surface area contributed by atoms with Crippen molar-refractivity contribution in [3.05, 3.63) is 48.5 Å². The van der Waals surface area contributed by atoms with E-state index in [1.165, 1.54) is 4.31 Å². The molecule has 0 fully saturated rings. The summed E-state index contributed by atoms with van der Waals surface area (Å²) in [5.41, 5.74) is 0.483. The number of fused-ring (bicyclic) bond motifs is 1. The number of nitrogens with one attached hydrogen (secondary N) is 1. The number of nitrogens with zero attached hydrogens (tertiary/aromatic N) is 1. The van der Waals surface area contributed by atoms with E-state index >= 15 is 0 Å². The first kappa shape index (κ1) is 22.7. The van der Waals surface area contributed by atoms with Crippen molar-refractivity contribution in [3.63, 3.8) is 0 Å². The van der Waals surface area contributed by atoms with Crippen LogP contribution < -0.4 is 23.8 Å². The molecule has 0 spiro atoms. The van der Waals surface area contributed by atoms with Gasteiger partial charge in [-0.15, -0.1) is 0 Å². The summed E-state index contributed by atoms with van der Waals surface area (Å²) < 4.78 is 42.6. The summed E-state index contributed by atoms with van der Waals surface area (Å²) in [6.45, 7) is 3.27. The molecule has 1 aliphatic rings. The molecule has 1 amide bonds. The van der Waals surface area contributed by atoms with E-state index in [-0.39, 0.29) is 24.9 Å². The summed E-state index contributed by atoms with van der Waals surface area (Å²) in [6.07, 6.45) is 1.72. The molecular weight excluding hydrogens is 420 g/mol. The summed E-state index contributed by atoms with van der Waals surface area (Å²) >= 11 is 0. The van der Waals surface area contributed by atoms with Gasteiger partial charge in [0.1, 0.15) is 25.6 Å². The van der Waals surface area contributed by atoms with Crippen LogP contribution in [0.5, 0.6) is 17.2 Å². The number of amides is 1. The molecule has 0 saturated carbocycles. The van der Waals surface area contributed by atoms with Gasteiger partial charge in [-0.05, 0) is 37.6 Å². The summed E-state index contributed by atoms with van der Waals surface area (Å²) in [4.78, 5) is 12.3. The molecular formula is C22H28N2O6S. The molecule has 31 heavy (non-hydrogen) atoms. The fraction of sp³-hybridized carbons (Fsp3) is 0.409. The Morgan fingerprint density at radius 2 is 1.84 bits per heavy atom. The van der Waals surface area contributed by atoms with Crippen LogP contribution >= 0.6 is 0 Å². The second-order valence-electron chi connectivity index (χ2n) is 7.36. The highest BCUT2D eigenvalue weighted by Gasteiger charge is 2.21. The van der Waals surface area contributed by atoms with Gasteiger partial charge in [0, 0.05) is 19.0 Å². The Labute approximate surface area is 183 Å². The smallest absolute Gasteiger partial charge is 0.232 e. The molecule has 0 aromatic heterocycles. The zero-order valence-corrected chi connectivity index (χ0v) is 18.6. The van der Waals surface area contributed by atoms with Gasteiger partial charge in [0.2, 0.25) is 15.9 Å². The fourth-order valence-electron chi connectivity index (χ4n) is 3.18. The van der Waals surface area contributed by atoms with E-state index in [1.807, 2.05) is 37.3 Å². The summed E-state index contributed by atoms with van der Waals surface area (Å²) in [5, 5.41) is 2.87. The van der Waals surface area contributed by atoms with Crippen LogP contribution in [-0.4, -0.2) is 53.0 Å². The first-order valence-corrected chi connectivity index (χ1v) is 12.0. The van der Waals surface area contributed by atoms with Crippen molar-refractivity contribution in [2.75, 3.05) is 36.9 Å². The molecule has 1 N–H and O–H groups in total. The van der Waals surface area contributed by atoms with Gasteiger partial charge in [0.25, 0.3) is 0 Å². The van der Waals surface area contributed by atoms with Crippen molar-refractivity contribution in [1.82, 2.24) is 5.32 Å². The molecule has 0 bridgehead atoms. The van der Waals surface area contributed by atoms with Crippen LogP contribution in [0.15, 0.2) is 48.5 Å². The van der Waals surface area contributed by atoms with Gasteiger partial charge in [0.15, 0.2) is 11.5 Å². The normalized spacial score (nSPS) is 13.9. The van der Waals surface area contributed by atoms with E-state index in [2.05, 4.69) is 5.32 Å². The van der Waals surface area contributed by atoms with E-state index in [0.29, 0.717) is 43.4 Å². The quantitative estimate of drug-likeness (QED) is 0.600. The van der Waals surface area contributed by atoms with Crippen LogP contribution in [-0.2, 0) is 14.8 Å². The number of carbonyl (C=O) groups is 1. The Kier molecular flexibility index (Phi) is 7.62. The monoisotopic (exact) mass is 448 g/mol. The molecule has 0 radical (unpaired) electrons. The number of hydrogen-bond donors (Lipinski definition) is 1. The summed E-state index contributed by atoms with van der Waals surface area (Å²) in [7, 11) is -3.52. The van der Waals surface area contributed by atoms with Gasteiger partial charge in [-0.1, -0.05) is 18.2 Å². The number of anilines is 1. The van der Waals surface area contributed by atoms with Crippen LogP contribution in [0.3, 0.4) is 0 Å². The Balaban J connectivity index is 1.50. The first-order chi connectivity index (χ1) is 14.8. The van der Waals surface area contributed by atoms with Crippen LogP contribution in [0.2, 0.25) is 0 Å². The molecule has 0 saturated heterocycles. The van der Waals surface area contributed by atoms with E-state index in [1.54, 1.807) is 18.2 Å². The highest BCUT2D eigenvalue weighted by molar-refractivity contribution is 7.92. The number of para-hydroxylation sites is 1. The van der Waals surface area contributed by atoms with Gasteiger partial charge in [0.05, 0.1) is 18.0 Å². The minimum atomic E-state index is -3.52. The van der Waals surface area contributed by atoms with Crippen LogP contribution in [0, 0.1) is 0 Å². The molecule has 0 aliphatic carbocycles. The third-order valence-electron chi connectivity index (χ3n) is 4.63. The molecule has 8 nitrogen and oxygen atoms in total. The average molecular weight is 449 g/mol. The highest BCUT2D eigenvalue weighted by atomic mass is 32.2. The van der Waals surface area contributed by atoms with E-state index in [9.17, 15) is 13.2 Å². The maximum atomic E-state index is 12.3. The standard InChI is InChI=1S/C22H28N2O6S/c1-17(16-30-19-7-4-3-5-8-19)23-22(25)9-6-12-24(31(2,26)27)18-10-11-20-21(15-18)29-14-13-28-20/h3-5,7-8,10-11,15,17H,6,9,12-14,16H2,1-2H3,(H,23,25). The molecule has 1 atom stereocenters. The molecule has 3 rings (SSSR count). The lowest BCUT2D eigenvalue weighted by molar-refractivity contribution is -0.121. The number of benzene rings is 2. The first-order valence-electron chi connectivity index (χ1n) is 10.2. The van der Waals surface area contributed by atoms with Gasteiger partial charge in [-0.25, -0.2) is 8.42 Å². The largest absolute Gasteiger partial charge is 0.491 e. The molecule has 1 unspecified atom stereocenters. The number of ether oxygens (including phenoxy) is 3. The molecule has 1 heterocycles. The fourth-order valence-corrected chi connectivity index (χ4v) is 4.14. The zero-order chi connectivity index (χ0) is 22.3. The third kappa shape index (κ3) is 6.78. The Hall–Kier alpha value is -2.94. The molecule has 1 aliphatic heterocycles. The SMILES string of the molecule is CC(COc1ccccc1)NC(=O)CCCN(c1ccc2c(c1)OCCO2)S(C)(=O)=O.